The smallest absolute Gasteiger partial charge is 0.243 e. The number of hydrogen-bond acceptors (Lipinski definition) is 3. The molecule has 22 heavy (non-hydrogen) atoms. The first kappa shape index (κ1) is 17.6. The van der Waals surface area contributed by atoms with Crippen molar-refractivity contribution < 1.29 is 13.2 Å². The second-order valence-corrected chi connectivity index (χ2v) is 9.49. The van der Waals surface area contributed by atoms with Crippen LogP contribution in [0.4, 0.5) is 0 Å². The van der Waals surface area contributed by atoms with Crippen molar-refractivity contribution in [3.63, 3.8) is 0 Å². The Hall–Kier alpha value is -0.720. The first-order chi connectivity index (χ1) is 10.2. The van der Waals surface area contributed by atoms with E-state index >= 15 is 0 Å². The van der Waals surface area contributed by atoms with Crippen molar-refractivity contribution in [2.75, 3.05) is 6.54 Å². The van der Waals surface area contributed by atoms with Crippen molar-refractivity contribution in [2.45, 2.75) is 44.6 Å². The van der Waals surface area contributed by atoms with Gasteiger partial charge in [-0.1, -0.05) is 36.7 Å². The van der Waals surface area contributed by atoms with Gasteiger partial charge in [0.1, 0.15) is 6.29 Å². The van der Waals surface area contributed by atoms with Gasteiger partial charge in [0, 0.05) is 23.0 Å². The fraction of sp³-hybridized carbons (Fsp3) is 0.500. The Bertz CT molecular complexity index is 634. The van der Waals surface area contributed by atoms with Crippen LogP contribution in [0.25, 0.3) is 0 Å². The number of halogens is 1. The van der Waals surface area contributed by atoms with Gasteiger partial charge in [0.2, 0.25) is 10.0 Å². The van der Waals surface area contributed by atoms with Gasteiger partial charge in [-0.15, -0.1) is 0 Å². The predicted octanol–water partition coefficient (Wildman–Crippen LogP) is 3.42. The van der Waals surface area contributed by atoms with E-state index in [9.17, 15) is 13.2 Å². The second-order valence-electron chi connectivity index (χ2n) is 6.68. The van der Waals surface area contributed by atoms with Crippen molar-refractivity contribution >= 4 is 32.2 Å². The minimum absolute atomic E-state index is 0.213. The lowest BCUT2D eigenvalue weighted by Gasteiger charge is -2.43. The third kappa shape index (κ3) is 3.60. The van der Waals surface area contributed by atoms with E-state index in [1.165, 1.54) is 0 Å². The fourth-order valence-electron chi connectivity index (χ4n) is 2.74. The maximum atomic E-state index is 13.0. The van der Waals surface area contributed by atoms with Gasteiger partial charge in [-0.25, -0.2) is 8.42 Å². The number of carbonyl (C=O) groups excluding carboxylic acids is 1. The fourth-order valence-corrected chi connectivity index (χ4v) is 4.81. The van der Waals surface area contributed by atoms with E-state index in [0.29, 0.717) is 24.3 Å². The number of rotatable bonds is 3. The molecule has 0 saturated carbocycles. The summed E-state index contributed by atoms with van der Waals surface area (Å²) in [6, 6.07) is 6.46. The summed E-state index contributed by atoms with van der Waals surface area (Å²) >= 11 is 3.32. The van der Waals surface area contributed by atoms with E-state index in [2.05, 4.69) is 15.9 Å². The highest BCUT2D eigenvalue weighted by atomic mass is 79.9. The molecule has 121 valence electrons. The van der Waals surface area contributed by atoms with Crippen molar-refractivity contribution in [1.82, 2.24) is 4.31 Å². The number of hydrogen-bond donors (Lipinski definition) is 0. The zero-order chi connectivity index (χ0) is 16.5. The summed E-state index contributed by atoms with van der Waals surface area (Å²) in [5, 5.41) is 0. The molecule has 1 unspecified atom stereocenters. The molecule has 1 aromatic carbocycles. The van der Waals surface area contributed by atoms with E-state index in [-0.39, 0.29) is 11.5 Å². The minimum Gasteiger partial charge on any atom is -0.303 e. The standard InChI is InChI=1S/C16H21BrNO3S/c1-16(2,3)15-10-12(11-19)8-9-18(15)22(20,21)14-6-4-13(17)5-7-14/h4-7,11,15H,8-10H2,1-3H3. The Balaban J connectivity index is 2.39. The molecule has 1 atom stereocenters. The number of carbonyl (C=O) groups is 1. The van der Waals surface area contributed by atoms with E-state index in [1.807, 2.05) is 20.8 Å². The highest BCUT2D eigenvalue weighted by Crippen LogP contribution is 2.38. The molecule has 1 aliphatic heterocycles. The molecular weight excluding hydrogens is 366 g/mol. The topological polar surface area (TPSA) is 54.5 Å². The summed E-state index contributed by atoms with van der Waals surface area (Å²) in [6.07, 6.45) is 1.89. The molecule has 1 aliphatic rings. The summed E-state index contributed by atoms with van der Waals surface area (Å²) in [5.41, 5.74) is -0.239. The van der Waals surface area contributed by atoms with Gasteiger partial charge in [0.25, 0.3) is 0 Å². The van der Waals surface area contributed by atoms with Crippen LogP contribution in [0.15, 0.2) is 33.6 Å². The van der Waals surface area contributed by atoms with E-state index in [0.717, 1.165) is 16.7 Å². The monoisotopic (exact) mass is 386 g/mol. The van der Waals surface area contributed by atoms with Crippen molar-refractivity contribution in [2.24, 2.45) is 5.41 Å². The highest BCUT2D eigenvalue weighted by Gasteiger charge is 2.42. The summed E-state index contributed by atoms with van der Waals surface area (Å²) in [7, 11) is -3.56. The number of piperidine rings is 1. The van der Waals surface area contributed by atoms with E-state index in [1.54, 1.807) is 28.6 Å². The Morgan fingerprint density at radius 1 is 1.23 bits per heavy atom. The maximum Gasteiger partial charge on any atom is 0.243 e. The zero-order valence-corrected chi connectivity index (χ0v) is 15.4. The Morgan fingerprint density at radius 3 is 2.32 bits per heavy atom. The number of nitrogens with zero attached hydrogens (tertiary/aromatic N) is 1. The number of benzene rings is 1. The summed E-state index contributed by atoms with van der Waals surface area (Å²) in [5.74, 6) is 0.794. The molecule has 1 radical (unpaired) electrons. The zero-order valence-electron chi connectivity index (χ0n) is 13.0. The molecule has 0 N–H and O–H groups in total. The first-order valence-corrected chi connectivity index (χ1v) is 9.47. The largest absolute Gasteiger partial charge is 0.303 e. The van der Waals surface area contributed by atoms with E-state index < -0.39 is 10.0 Å². The predicted molar refractivity (Wildman–Crippen MR) is 89.8 cm³/mol. The SMILES string of the molecule is CC(C)(C)C1C[C](C=O)CCN1S(=O)(=O)c1ccc(Br)cc1. The van der Waals surface area contributed by atoms with Crippen LogP contribution in [0.3, 0.4) is 0 Å². The molecule has 4 nitrogen and oxygen atoms in total. The lowest BCUT2D eigenvalue weighted by Crippen LogP contribution is -2.51. The van der Waals surface area contributed by atoms with Crippen LogP contribution in [0, 0.1) is 11.3 Å². The summed E-state index contributed by atoms with van der Waals surface area (Å²) < 4.78 is 28.3. The molecule has 1 aromatic rings. The maximum absolute atomic E-state index is 13.0. The molecule has 0 spiro atoms. The van der Waals surface area contributed by atoms with Gasteiger partial charge in [-0.3, -0.25) is 0 Å². The van der Waals surface area contributed by atoms with Gasteiger partial charge in [-0.05, 0) is 42.5 Å². The Kier molecular flexibility index (Phi) is 5.14. The Morgan fingerprint density at radius 2 is 1.82 bits per heavy atom. The third-order valence-corrected chi connectivity index (χ3v) is 6.49. The quantitative estimate of drug-likeness (QED) is 0.747. The van der Waals surface area contributed by atoms with Crippen LogP contribution >= 0.6 is 15.9 Å². The molecule has 0 bridgehead atoms. The van der Waals surface area contributed by atoms with Crippen LogP contribution in [-0.4, -0.2) is 31.6 Å². The van der Waals surface area contributed by atoms with Gasteiger partial charge < -0.3 is 4.79 Å². The molecule has 0 aliphatic carbocycles. The lowest BCUT2D eigenvalue weighted by molar-refractivity contribution is -0.107. The van der Waals surface area contributed by atoms with Crippen molar-refractivity contribution in [1.29, 1.82) is 0 Å². The average molecular weight is 387 g/mol. The summed E-state index contributed by atoms with van der Waals surface area (Å²) in [4.78, 5) is 11.4. The van der Waals surface area contributed by atoms with Crippen LogP contribution in [0.2, 0.25) is 0 Å². The van der Waals surface area contributed by atoms with Crippen LogP contribution in [0.1, 0.15) is 33.6 Å². The molecule has 1 saturated heterocycles. The molecule has 0 aromatic heterocycles. The van der Waals surface area contributed by atoms with Crippen molar-refractivity contribution in [3.8, 4) is 0 Å². The van der Waals surface area contributed by atoms with Crippen LogP contribution in [0.5, 0.6) is 0 Å². The normalized spacial score (nSPS) is 21.7. The van der Waals surface area contributed by atoms with Gasteiger partial charge >= 0.3 is 0 Å². The minimum atomic E-state index is -3.56. The van der Waals surface area contributed by atoms with Gasteiger partial charge in [0.05, 0.1) is 4.90 Å². The van der Waals surface area contributed by atoms with Gasteiger partial charge in [0.15, 0.2) is 0 Å². The van der Waals surface area contributed by atoms with Crippen LogP contribution < -0.4 is 0 Å². The third-order valence-electron chi connectivity index (χ3n) is 4.04. The molecule has 1 heterocycles. The van der Waals surface area contributed by atoms with E-state index in [4.69, 9.17) is 0 Å². The molecule has 1 fully saturated rings. The lowest BCUT2D eigenvalue weighted by atomic mass is 9.78. The second kappa shape index (κ2) is 6.42. The number of sulfonamides is 1. The highest BCUT2D eigenvalue weighted by molar-refractivity contribution is 9.10. The molecular formula is C16H21BrNO3S. The Labute approximate surface area is 141 Å². The molecule has 6 heteroatoms. The number of aldehydes is 1. The average Bonchev–Trinajstić information content (AvgIpc) is 2.46. The first-order valence-electron chi connectivity index (χ1n) is 7.23. The van der Waals surface area contributed by atoms with Crippen molar-refractivity contribution in [3.05, 3.63) is 34.7 Å². The van der Waals surface area contributed by atoms with Gasteiger partial charge in [-0.2, -0.15) is 4.31 Å². The van der Waals surface area contributed by atoms with Crippen LogP contribution in [-0.2, 0) is 14.8 Å². The summed E-state index contributed by atoms with van der Waals surface area (Å²) in [6.45, 7) is 6.38. The molecule has 2 rings (SSSR count). The molecule has 0 amide bonds.